The zero-order valence-corrected chi connectivity index (χ0v) is 14.8. The molecular weight excluding hydrogens is 324 g/mol. The summed E-state index contributed by atoms with van der Waals surface area (Å²) in [6, 6.07) is 7.63. The van der Waals surface area contributed by atoms with E-state index in [0.29, 0.717) is 12.5 Å². The molecule has 6 heteroatoms. The van der Waals surface area contributed by atoms with Crippen LogP contribution < -0.4 is 5.32 Å². The third-order valence-electron chi connectivity index (χ3n) is 4.27. The van der Waals surface area contributed by atoms with Gasteiger partial charge in [0.05, 0.1) is 5.69 Å². The molecule has 2 aromatic rings. The summed E-state index contributed by atoms with van der Waals surface area (Å²) in [5.41, 5.74) is 2.87. The van der Waals surface area contributed by atoms with Crippen molar-refractivity contribution in [3.05, 3.63) is 53.6 Å². The summed E-state index contributed by atoms with van der Waals surface area (Å²) in [4.78, 5) is 11.1. The van der Waals surface area contributed by atoms with Crippen LogP contribution in [0.15, 0.2) is 36.7 Å². The molecule has 3 rings (SSSR count). The van der Waals surface area contributed by atoms with Gasteiger partial charge in [-0.25, -0.2) is 0 Å². The van der Waals surface area contributed by atoms with E-state index in [4.69, 9.17) is 0 Å². The molecule has 3 heterocycles. The van der Waals surface area contributed by atoms with Crippen LogP contribution in [0.5, 0.6) is 5.75 Å². The first-order chi connectivity index (χ1) is 11.2. The highest BCUT2D eigenvalue weighted by molar-refractivity contribution is 5.85. The highest BCUT2D eigenvalue weighted by Crippen LogP contribution is 2.20. The number of aromatic hydroxyl groups is 1. The first-order valence-corrected chi connectivity index (χ1v) is 8.18. The fourth-order valence-electron chi connectivity index (χ4n) is 3.10. The standard InChI is InChI=1S/C18H24N4O.ClH/c1-14-4-5-18(23)17(21-14)13-22(12-16-6-8-20-10-16)11-15-3-2-7-19-9-15;/h2-5,7,9,16,20,23H,6,8,10-13H2,1H3;1H. The second-order valence-corrected chi connectivity index (χ2v) is 6.31. The van der Waals surface area contributed by atoms with Crippen molar-refractivity contribution >= 4 is 12.4 Å². The van der Waals surface area contributed by atoms with Gasteiger partial charge < -0.3 is 10.4 Å². The lowest BCUT2D eigenvalue weighted by Crippen LogP contribution is -2.30. The summed E-state index contributed by atoms with van der Waals surface area (Å²) in [6.07, 6.45) is 4.91. The highest BCUT2D eigenvalue weighted by Gasteiger charge is 2.20. The third-order valence-corrected chi connectivity index (χ3v) is 4.27. The zero-order valence-electron chi connectivity index (χ0n) is 14.0. The minimum absolute atomic E-state index is 0. The number of hydrogen-bond acceptors (Lipinski definition) is 5. The molecule has 2 aromatic heterocycles. The minimum Gasteiger partial charge on any atom is -0.506 e. The maximum atomic E-state index is 10.1. The van der Waals surface area contributed by atoms with Gasteiger partial charge in [-0.15, -0.1) is 12.4 Å². The molecule has 0 saturated carbocycles. The van der Waals surface area contributed by atoms with Crippen molar-refractivity contribution in [1.29, 1.82) is 0 Å². The smallest absolute Gasteiger partial charge is 0.138 e. The molecule has 2 N–H and O–H groups in total. The maximum absolute atomic E-state index is 10.1. The highest BCUT2D eigenvalue weighted by atomic mass is 35.5. The number of aromatic nitrogens is 2. The lowest BCUT2D eigenvalue weighted by atomic mass is 10.1. The van der Waals surface area contributed by atoms with Crippen molar-refractivity contribution in [3.8, 4) is 5.75 Å². The summed E-state index contributed by atoms with van der Waals surface area (Å²) in [6.45, 7) is 6.58. The zero-order chi connectivity index (χ0) is 16.1. The van der Waals surface area contributed by atoms with Crippen LogP contribution in [0.1, 0.15) is 23.4 Å². The van der Waals surface area contributed by atoms with E-state index in [1.165, 1.54) is 12.0 Å². The SMILES string of the molecule is Cc1ccc(O)c(CN(Cc2cccnc2)CC2CCNC2)n1.Cl. The Kier molecular flexibility index (Phi) is 6.97. The summed E-state index contributed by atoms with van der Waals surface area (Å²) >= 11 is 0. The van der Waals surface area contributed by atoms with Gasteiger partial charge in [-0.1, -0.05) is 6.07 Å². The molecule has 1 unspecified atom stereocenters. The van der Waals surface area contributed by atoms with Gasteiger partial charge in [-0.3, -0.25) is 14.9 Å². The Morgan fingerprint density at radius 3 is 2.88 bits per heavy atom. The van der Waals surface area contributed by atoms with Gasteiger partial charge in [0.25, 0.3) is 0 Å². The number of hydrogen-bond donors (Lipinski definition) is 2. The van der Waals surface area contributed by atoms with Crippen molar-refractivity contribution < 1.29 is 5.11 Å². The molecule has 0 radical (unpaired) electrons. The number of nitrogens with one attached hydrogen (secondary N) is 1. The molecule has 0 amide bonds. The van der Waals surface area contributed by atoms with Crippen molar-refractivity contribution in [3.63, 3.8) is 0 Å². The monoisotopic (exact) mass is 348 g/mol. The van der Waals surface area contributed by atoms with Gasteiger partial charge in [0.15, 0.2) is 0 Å². The molecule has 1 atom stereocenters. The molecule has 0 bridgehead atoms. The summed E-state index contributed by atoms with van der Waals surface area (Å²) < 4.78 is 0. The van der Waals surface area contributed by atoms with Crippen LogP contribution in [0.25, 0.3) is 0 Å². The summed E-state index contributed by atoms with van der Waals surface area (Å²) in [5.74, 6) is 0.926. The number of nitrogens with zero attached hydrogens (tertiary/aromatic N) is 3. The summed E-state index contributed by atoms with van der Waals surface area (Å²) in [5, 5.41) is 13.5. The van der Waals surface area contributed by atoms with E-state index in [-0.39, 0.29) is 18.2 Å². The first-order valence-electron chi connectivity index (χ1n) is 8.18. The van der Waals surface area contributed by atoms with Crippen LogP contribution in [0.4, 0.5) is 0 Å². The lowest BCUT2D eigenvalue weighted by Gasteiger charge is -2.25. The largest absolute Gasteiger partial charge is 0.506 e. The first kappa shape index (κ1) is 18.6. The van der Waals surface area contributed by atoms with Gasteiger partial charge in [0, 0.05) is 37.7 Å². The van der Waals surface area contributed by atoms with E-state index in [2.05, 4.69) is 26.3 Å². The molecule has 0 aromatic carbocycles. The molecule has 24 heavy (non-hydrogen) atoms. The topological polar surface area (TPSA) is 61.3 Å². The molecule has 0 aliphatic carbocycles. The molecule has 1 saturated heterocycles. The van der Waals surface area contributed by atoms with E-state index < -0.39 is 0 Å². The Balaban J connectivity index is 0.00000208. The fourth-order valence-corrected chi connectivity index (χ4v) is 3.10. The molecule has 5 nitrogen and oxygen atoms in total. The van der Waals surface area contributed by atoms with Gasteiger partial charge in [0.2, 0.25) is 0 Å². The molecule has 130 valence electrons. The van der Waals surface area contributed by atoms with Crippen LogP contribution in [0, 0.1) is 12.8 Å². The second-order valence-electron chi connectivity index (χ2n) is 6.31. The summed E-state index contributed by atoms with van der Waals surface area (Å²) in [7, 11) is 0. The van der Waals surface area contributed by atoms with Crippen LogP contribution in [0.3, 0.4) is 0 Å². The predicted molar refractivity (Wildman–Crippen MR) is 97.2 cm³/mol. The number of aryl methyl sites for hydroxylation is 1. The minimum atomic E-state index is 0. The Morgan fingerprint density at radius 1 is 1.29 bits per heavy atom. The molecule has 1 aliphatic heterocycles. The molecule has 0 spiro atoms. The molecular formula is C18H25ClN4O. The second kappa shape index (κ2) is 8.97. The van der Waals surface area contributed by atoms with E-state index in [1.54, 1.807) is 12.3 Å². The van der Waals surface area contributed by atoms with Crippen LogP contribution in [-0.4, -0.2) is 39.6 Å². The predicted octanol–water partition coefficient (Wildman–Crippen LogP) is 2.52. The quantitative estimate of drug-likeness (QED) is 0.840. The number of pyridine rings is 2. The lowest BCUT2D eigenvalue weighted by molar-refractivity contribution is 0.215. The van der Waals surface area contributed by atoms with Gasteiger partial charge in [0.1, 0.15) is 5.75 Å². The van der Waals surface area contributed by atoms with Crippen LogP contribution >= 0.6 is 12.4 Å². The van der Waals surface area contributed by atoms with Crippen LogP contribution in [0.2, 0.25) is 0 Å². The average Bonchev–Trinajstić information content (AvgIpc) is 3.05. The maximum Gasteiger partial charge on any atom is 0.138 e. The number of rotatable bonds is 6. The Morgan fingerprint density at radius 2 is 2.17 bits per heavy atom. The van der Waals surface area contributed by atoms with Crippen LogP contribution in [-0.2, 0) is 13.1 Å². The van der Waals surface area contributed by atoms with E-state index in [1.807, 2.05) is 25.3 Å². The molecule has 1 aliphatic rings. The van der Waals surface area contributed by atoms with Crippen molar-refractivity contribution in [2.75, 3.05) is 19.6 Å². The van der Waals surface area contributed by atoms with Gasteiger partial charge in [-0.2, -0.15) is 0 Å². The van der Waals surface area contributed by atoms with E-state index in [9.17, 15) is 5.11 Å². The Hall–Kier alpha value is -1.69. The molecule has 1 fully saturated rings. The van der Waals surface area contributed by atoms with Gasteiger partial charge >= 0.3 is 0 Å². The Labute approximate surface area is 149 Å². The van der Waals surface area contributed by atoms with E-state index in [0.717, 1.165) is 37.6 Å². The Bertz CT molecular complexity index is 632. The van der Waals surface area contributed by atoms with Crippen molar-refractivity contribution in [2.45, 2.75) is 26.4 Å². The fraction of sp³-hybridized carbons (Fsp3) is 0.444. The normalized spacial score (nSPS) is 17.0. The average molecular weight is 349 g/mol. The number of halogens is 1. The van der Waals surface area contributed by atoms with E-state index >= 15 is 0 Å². The third kappa shape index (κ3) is 5.16. The van der Waals surface area contributed by atoms with Crippen molar-refractivity contribution in [2.24, 2.45) is 5.92 Å². The van der Waals surface area contributed by atoms with Crippen molar-refractivity contribution in [1.82, 2.24) is 20.2 Å². The van der Waals surface area contributed by atoms with Gasteiger partial charge in [-0.05, 0) is 56.1 Å².